The van der Waals surface area contributed by atoms with Gasteiger partial charge in [0.15, 0.2) is 9.84 Å². The average Bonchev–Trinajstić information content (AvgIpc) is 2.58. The molecule has 1 aliphatic heterocycles. The highest BCUT2D eigenvalue weighted by Gasteiger charge is 2.28. The molecule has 0 aromatic carbocycles. The third-order valence-electron chi connectivity index (χ3n) is 2.53. The van der Waals surface area contributed by atoms with E-state index in [9.17, 15) is 13.2 Å². The maximum Gasteiger partial charge on any atom is 0.293 e. The molecule has 0 bridgehead atoms. The van der Waals surface area contributed by atoms with Crippen molar-refractivity contribution in [1.29, 1.82) is 0 Å². The van der Waals surface area contributed by atoms with E-state index in [2.05, 4.69) is 10.1 Å². The van der Waals surface area contributed by atoms with E-state index in [1.54, 1.807) is 7.05 Å². The monoisotopic (exact) mass is 278 g/mol. The average molecular weight is 279 g/mol. The van der Waals surface area contributed by atoms with Crippen LogP contribution in [0.2, 0.25) is 5.28 Å². The standard InChI is InChI=1S/C8H11ClN4O3S/c1-12-8(9)10-6(11-12)7(14)13-2-4-17(15,16)5-3-13/h2-5H2,1H3. The molecule has 0 unspecified atom stereocenters. The van der Waals surface area contributed by atoms with Crippen molar-refractivity contribution in [3.63, 3.8) is 0 Å². The van der Waals surface area contributed by atoms with Crippen LogP contribution in [0.4, 0.5) is 0 Å². The van der Waals surface area contributed by atoms with Crippen molar-refractivity contribution in [3.05, 3.63) is 11.1 Å². The number of rotatable bonds is 1. The van der Waals surface area contributed by atoms with Gasteiger partial charge in [0.2, 0.25) is 11.1 Å². The highest BCUT2D eigenvalue weighted by atomic mass is 35.5. The molecule has 1 aromatic rings. The van der Waals surface area contributed by atoms with Crippen molar-refractivity contribution in [2.24, 2.45) is 7.05 Å². The first kappa shape index (κ1) is 12.3. The second-order valence-corrected chi connectivity index (χ2v) is 6.41. The number of carbonyl (C=O) groups is 1. The fourth-order valence-corrected chi connectivity index (χ4v) is 2.83. The SMILES string of the molecule is Cn1nc(C(=O)N2CCS(=O)(=O)CC2)nc1Cl. The molecule has 1 aromatic heterocycles. The van der Waals surface area contributed by atoms with Crippen LogP contribution in [-0.2, 0) is 16.9 Å². The van der Waals surface area contributed by atoms with Crippen LogP contribution in [-0.4, -0.2) is 58.6 Å². The van der Waals surface area contributed by atoms with Gasteiger partial charge in [0.25, 0.3) is 5.91 Å². The lowest BCUT2D eigenvalue weighted by atomic mass is 10.4. The summed E-state index contributed by atoms with van der Waals surface area (Å²) < 4.78 is 23.7. The quantitative estimate of drug-likeness (QED) is 0.681. The Kier molecular flexibility index (Phi) is 3.09. The van der Waals surface area contributed by atoms with Crippen LogP contribution in [0, 0.1) is 0 Å². The molecule has 7 nitrogen and oxygen atoms in total. The summed E-state index contributed by atoms with van der Waals surface area (Å²) in [5.74, 6) is -0.419. The highest BCUT2D eigenvalue weighted by Crippen LogP contribution is 2.09. The van der Waals surface area contributed by atoms with Gasteiger partial charge in [-0.3, -0.25) is 4.79 Å². The molecule has 0 spiro atoms. The first-order valence-electron chi connectivity index (χ1n) is 4.95. The summed E-state index contributed by atoms with van der Waals surface area (Å²) in [5, 5.41) is 3.98. The molecule has 17 heavy (non-hydrogen) atoms. The predicted octanol–water partition coefficient (Wildman–Crippen LogP) is -0.661. The maximum absolute atomic E-state index is 11.9. The van der Waals surface area contributed by atoms with Gasteiger partial charge in [-0.2, -0.15) is 4.98 Å². The van der Waals surface area contributed by atoms with Crippen LogP contribution in [0.15, 0.2) is 0 Å². The van der Waals surface area contributed by atoms with Gasteiger partial charge < -0.3 is 4.90 Å². The van der Waals surface area contributed by atoms with E-state index in [-0.39, 0.29) is 41.6 Å². The topological polar surface area (TPSA) is 85.2 Å². The molecule has 2 heterocycles. The van der Waals surface area contributed by atoms with Crippen molar-refractivity contribution in [1.82, 2.24) is 19.7 Å². The Balaban J connectivity index is 2.12. The Morgan fingerprint density at radius 3 is 2.41 bits per heavy atom. The summed E-state index contributed by atoms with van der Waals surface area (Å²) in [6.07, 6.45) is 0. The smallest absolute Gasteiger partial charge is 0.293 e. The van der Waals surface area contributed by atoms with E-state index in [0.29, 0.717) is 0 Å². The maximum atomic E-state index is 11.9. The number of aryl methyl sites for hydroxylation is 1. The van der Waals surface area contributed by atoms with Crippen molar-refractivity contribution < 1.29 is 13.2 Å². The van der Waals surface area contributed by atoms with Crippen LogP contribution in [0.1, 0.15) is 10.6 Å². The zero-order chi connectivity index (χ0) is 12.6. The number of nitrogens with zero attached hydrogens (tertiary/aromatic N) is 4. The summed E-state index contributed by atoms with van der Waals surface area (Å²) in [4.78, 5) is 17.1. The van der Waals surface area contributed by atoms with Crippen LogP contribution >= 0.6 is 11.6 Å². The molecule has 1 aliphatic rings. The van der Waals surface area contributed by atoms with Crippen LogP contribution in [0.3, 0.4) is 0 Å². The number of halogens is 1. The molecule has 94 valence electrons. The first-order valence-corrected chi connectivity index (χ1v) is 7.15. The van der Waals surface area contributed by atoms with Crippen LogP contribution in [0.25, 0.3) is 0 Å². The van der Waals surface area contributed by atoms with Gasteiger partial charge in [-0.15, -0.1) is 5.10 Å². The summed E-state index contributed by atoms with van der Waals surface area (Å²) >= 11 is 5.68. The number of sulfone groups is 1. The Bertz CT molecular complexity index is 520. The number of carbonyl (C=O) groups excluding carboxylic acids is 1. The lowest BCUT2D eigenvalue weighted by molar-refractivity contribution is 0.0758. The van der Waals surface area contributed by atoms with E-state index in [1.165, 1.54) is 9.58 Å². The van der Waals surface area contributed by atoms with Crippen molar-refractivity contribution in [2.45, 2.75) is 0 Å². The summed E-state index contributed by atoms with van der Waals surface area (Å²) in [5.41, 5.74) is 0. The van der Waals surface area contributed by atoms with E-state index in [1.807, 2.05) is 0 Å². The molecule has 0 atom stereocenters. The minimum atomic E-state index is -3.00. The van der Waals surface area contributed by atoms with Gasteiger partial charge in [-0.05, 0) is 11.6 Å². The minimum Gasteiger partial charge on any atom is -0.334 e. The van der Waals surface area contributed by atoms with Gasteiger partial charge in [-0.1, -0.05) is 0 Å². The third kappa shape index (κ3) is 2.58. The number of hydrogen-bond acceptors (Lipinski definition) is 5. The molecule has 9 heteroatoms. The lowest BCUT2D eigenvalue weighted by Crippen LogP contribution is -2.44. The Hall–Kier alpha value is -1.15. The molecular formula is C8H11ClN4O3S. The van der Waals surface area contributed by atoms with Gasteiger partial charge in [0.1, 0.15) is 0 Å². The number of aromatic nitrogens is 3. The van der Waals surface area contributed by atoms with E-state index in [4.69, 9.17) is 11.6 Å². The second-order valence-electron chi connectivity index (χ2n) is 3.77. The van der Waals surface area contributed by atoms with Gasteiger partial charge in [0, 0.05) is 20.1 Å². The molecule has 0 saturated carbocycles. The Morgan fingerprint density at radius 2 is 1.94 bits per heavy atom. The molecule has 1 amide bonds. The summed E-state index contributed by atoms with van der Waals surface area (Å²) in [6.45, 7) is 0.355. The first-order chi connectivity index (χ1) is 7.89. The van der Waals surface area contributed by atoms with Gasteiger partial charge in [-0.25, -0.2) is 13.1 Å². The summed E-state index contributed by atoms with van der Waals surface area (Å²) in [7, 11) is -1.42. The Labute approximate surface area is 103 Å². The normalized spacial score (nSPS) is 19.3. The fourth-order valence-electron chi connectivity index (χ4n) is 1.51. The molecule has 2 rings (SSSR count). The minimum absolute atomic E-state index is 0.00296. The van der Waals surface area contributed by atoms with Crippen molar-refractivity contribution >= 4 is 27.3 Å². The molecular weight excluding hydrogens is 268 g/mol. The van der Waals surface area contributed by atoms with Crippen LogP contribution < -0.4 is 0 Å². The zero-order valence-electron chi connectivity index (χ0n) is 9.13. The molecule has 0 N–H and O–H groups in total. The van der Waals surface area contributed by atoms with E-state index < -0.39 is 9.84 Å². The predicted molar refractivity (Wildman–Crippen MR) is 60.6 cm³/mol. The number of amides is 1. The van der Waals surface area contributed by atoms with Crippen molar-refractivity contribution in [2.75, 3.05) is 24.6 Å². The third-order valence-corrected chi connectivity index (χ3v) is 4.47. The van der Waals surface area contributed by atoms with Crippen molar-refractivity contribution in [3.8, 4) is 0 Å². The second kappa shape index (κ2) is 4.26. The lowest BCUT2D eigenvalue weighted by Gasteiger charge is -2.25. The van der Waals surface area contributed by atoms with E-state index >= 15 is 0 Å². The van der Waals surface area contributed by atoms with Gasteiger partial charge >= 0.3 is 0 Å². The largest absolute Gasteiger partial charge is 0.334 e. The van der Waals surface area contributed by atoms with E-state index in [0.717, 1.165) is 0 Å². The molecule has 0 radical (unpaired) electrons. The summed E-state index contributed by atoms with van der Waals surface area (Å²) in [6, 6.07) is 0. The Morgan fingerprint density at radius 1 is 1.35 bits per heavy atom. The molecule has 1 fully saturated rings. The molecule has 1 saturated heterocycles. The number of hydrogen-bond donors (Lipinski definition) is 0. The zero-order valence-corrected chi connectivity index (χ0v) is 10.7. The molecule has 0 aliphatic carbocycles. The highest BCUT2D eigenvalue weighted by molar-refractivity contribution is 7.91. The van der Waals surface area contributed by atoms with Crippen LogP contribution in [0.5, 0.6) is 0 Å². The van der Waals surface area contributed by atoms with Gasteiger partial charge in [0.05, 0.1) is 11.5 Å². The fraction of sp³-hybridized carbons (Fsp3) is 0.625.